The Morgan fingerprint density at radius 2 is 1.61 bits per heavy atom. The van der Waals surface area contributed by atoms with Crippen molar-refractivity contribution < 1.29 is 4.74 Å². The van der Waals surface area contributed by atoms with Crippen molar-refractivity contribution in [1.29, 1.82) is 0 Å². The van der Waals surface area contributed by atoms with E-state index >= 15 is 0 Å². The van der Waals surface area contributed by atoms with Crippen molar-refractivity contribution in [3.63, 3.8) is 0 Å². The zero-order chi connectivity index (χ0) is 19.5. The van der Waals surface area contributed by atoms with Crippen LogP contribution in [0.4, 0.5) is 0 Å². The fourth-order valence-corrected chi connectivity index (χ4v) is 3.67. The Hall–Kier alpha value is -3.07. The van der Waals surface area contributed by atoms with Gasteiger partial charge in [0.05, 0.1) is 17.6 Å². The Morgan fingerprint density at radius 1 is 0.893 bits per heavy atom. The molecule has 4 rings (SSSR count). The fourth-order valence-electron chi connectivity index (χ4n) is 3.67. The van der Waals surface area contributed by atoms with Crippen molar-refractivity contribution in [2.24, 2.45) is 0 Å². The molecule has 0 aliphatic carbocycles. The van der Waals surface area contributed by atoms with Gasteiger partial charge < -0.3 is 9.30 Å². The van der Waals surface area contributed by atoms with Crippen molar-refractivity contribution >= 4 is 11.0 Å². The molecule has 3 heteroatoms. The van der Waals surface area contributed by atoms with Gasteiger partial charge >= 0.3 is 0 Å². The predicted molar refractivity (Wildman–Crippen MR) is 116 cm³/mol. The number of ether oxygens (including phenoxy) is 1. The van der Waals surface area contributed by atoms with E-state index in [1.54, 1.807) is 0 Å². The molecule has 0 unspecified atom stereocenters. The number of benzene rings is 3. The first-order valence-electron chi connectivity index (χ1n) is 9.88. The molecule has 0 bridgehead atoms. The van der Waals surface area contributed by atoms with Crippen LogP contribution < -0.4 is 4.74 Å². The number of hydrogen-bond acceptors (Lipinski definition) is 2. The highest BCUT2D eigenvalue weighted by molar-refractivity contribution is 5.81. The van der Waals surface area contributed by atoms with Crippen molar-refractivity contribution in [2.75, 3.05) is 6.61 Å². The van der Waals surface area contributed by atoms with E-state index in [-0.39, 0.29) is 0 Å². The van der Waals surface area contributed by atoms with E-state index in [4.69, 9.17) is 9.72 Å². The fraction of sp³-hybridized carbons (Fsp3) is 0.240. The number of hydrogen-bond donors (Lipinski definition) is 0. The molecule has 0 N–H and O–H groups in total. The lowest BCUT2D eigenvalue weighted by atomic mass is 10.0. The van der Waals surface area contributed by atoms with E-state index in [9.17, 15) is 0 Å². The molecule has 4 aromatic rings. The average Bonchev–Trinajstić information content (AvgIpc) is 3.07. The number of aromatic nitrogens is 2. The van der Waals surface area contributed by atoms with Crippen LogP contribution in [0.5, 0.6) is 5.75 Å². The predicted octanol–water partition coefficient (Wildman–Crippen LogP) is 6.21. The van der Waals surface area contributed by atoms with Crippen LogP contribution in [0.2, 0.25) is 0 Å². The van der Waals surface area contributed by atoms with Crippen molar-refractivity contribution in [3.8, 4) is 17.1 Å². The van der Waals surface area contributed by atoms with Gasteiger partial charge in [-0.3, -0.25) is 0 Å². The number of aryl methyl sites for hydroxylation is 1. The maximum absolute atomic E-state index is 6.19. The summed E-state index contributed by atoms with van der Waals surface area (Å²) in [5.41, 5.74) is 5.80. The maximum atomic E-state index is 6.19. The number of nitrogens with zero attached hydrogens (tertiary/aromatic N) is 2. The molecular formula is C25H26N2O. The molecule has 0 atom stereocenters. The second-order valence-electron chi connectivity index (χ2n) is 7.43. The summed E-state index contributed by atoms with van der Waals surface area (Å²) in [6, 6.07) is 25.0. The molecule has 0 saturated carbocycles. The molecular weight excluding hydrogens is 344 g/mol. The lowest BCUT2D eigenvalue weighted by Crippen LogP contribution is -2.11. The molecule has 1 aromatic heterocycles. The third kappa shape index (κ3) is 3.53. The summed E-state index contributed by atoms with van der Waals surface area (Å²) in [7, 11) is 0. The first kappa shape index (κ1) is 18.3. The zero-order valence-corrected chi connectivity index (χ0v) is 16.7. The highest BCUT2D eigenvalue weighted by Gasteiger charge is 2.14. The van der Waals surface area contributed by atoms with Crippen LogP contribution >= 0.6 is 0 Å². The largest absolute Gasteiger partial charge is 0.491 e. The van der Waals surface area contributed by atoms with Crippen LogP contribution in [0.1, 0.15) is 30.9 Å². The zero-order valence-electron chi connectivity index (χ0n) is 16.7. The summed E-state index contributed by atoms with van der Waals surface area (Å²) in [5.74, 6) is 2.41. The lowest BCUT2D eigenvalue weighted by Gasteiger charge is -2.15. The SMILES string of the molecule is Cc1ccccc1-c1nc2ccccc2n1CCOc1ccccc1C(C)C. The van der Waals surface area contributed by atoms with E-state index in [1.165, 1.54) is 16.7 Å². The molecule has 1 heterocycles. The van der Waals surface area contributed by atoms with Crippen molar-refractivity contribution in [3.05, 3.63) is 83.9 Å². The lowest BCUT2D eigenvalue weighted by molar-refractivity contribution is 0.297. The quantitative estimate of drug-likeness (QED) is 0.403. The van der Waals surface area contributed by atoms with Crippen LogP contribution in [0.25, 0.3) is 22.4 Å². The Kier molecular flexibility index (Phi) is 5.16. The first-order chi connectivity index (χ1) is 13.6. The van der Waals surface area contributed by atoms with E-state index in [2.05, 4.69) is 86.0 Å². The average molecular weight is 370 g/mol. The second-order valence-corrected chi connectivity index (χ2v) is 7.43. The highest BCUT2D eigenvalue weighted by Crippen LogP contribution is 2.28. The van der Waals surface area contributed by atoms with Crippen LogP contribution in [0, 0.1) is 6.92 Å². The summed E-state index contributed by atoms with van der Waals surface area (Å²) < 4.78 is 8.47. The first-order valence-corrected chi connectivity index (χ1v) is 9.88. The molecule has 28 heavy (non-hydrogen) atoms. The van der Waals surface area contributed by atoms with Gasteiger partial charge in [-0.15, -0.1) is 0 Å². The summed E-state index contributed by atoms with van der Waals surface area (Å²) in [4.78, 5) is 4.92. The third-order valence-electron chi connectivity index (χ3n) is 5.15. The molecule has 3 nitrogen and oxygen atoms in total. The van der Waals surface area contributed by atoms with Crippen LogP contribution in [-0.2, 0) is 6.54 Å². The van der Waals surface area contributed by atoms with E-state index in [0.29, 0.717) is 12.5 Å². The summed E-state index contributed by atoms with van der Waals surface area (Å²) in [6.07, 6.45) is 0. The monoisotopic (exact) mass is 370 g/mol. The minimum Gasteiger partial charge on any atom is -0.491 e. The Labute approximate surface area is 166 Å². The van der Waals surface area contributed by atoms with Crippen molar-refractivity contribution in [1.82, 2.24) is 9.55 Å². The molecule has 0 saturated heterocycles. The summed E-state index contributed by atoms with van der Waals surface area (Å²) in [5, 5.41) is 0. The van der Waals surface area contributed by atoms with Crippen molar-refractivity contribution in [2.45, 2.75) is 33.2 Å². The van der Waals surface area contributed by atoms with Gasteiger partial charge in [0.15, 0.2) is 0 Å². The molecule has 0 amide bonds. The number of para-hydroxylation sites is 3. The molecule has 0 radical (unpaired) electrons. The van der Waals surface area contributed by atoms with Crippen LogP contribution in [-0.4, -0.2) is 16.2 Å². The number of rotatable bonds is 6. The van der Waals surface area contributed by atoms with Gasteiger partial charge in [0, 0.05) is 5.56 Å². The Balaban J connectivity index is 1.66. The summed E-state index contributed by atoms with van der Waals surface area (Å²) >= 11 is 0. The van der Waals surface area contributed by atoms with Gasteiger partial charge in [-0.05, 0) is 42.2 Å². The van der Waals surface area contributed by atoms with E-state index in [0.717, 1.165) is 29.2 Å². The highest BCUT2D eigenvalue weighted by atomic mass is 16.5. The topological polar surface area (TPSA) is 27.1 Å². The number of fused-ring (bicyclic) bond motifs is 1. The van der Waals surface area contributed by atoms with Gasteiger partial charge in [-0.1, -0.05) is 68.4 Å². The third-order valence-corrected chi connectivity index (χ3v) is 5.15. The van der Waals surface area contributed by atoms with Crippen LogP contribution in [0.15, 0.2) is 72.8 Å². The summed E-state index contributed by atoms with van der Waals surface area (Å²) in [6.45, 7) is 7.87. The Morgan fingerprint density at radius 3 is 2.43 bits per heavy atom. The molecule has 3 aromatic carbocycles. The molecule has 0 fully saturated rings. The second kappa shape index (κ2) is 7.89. The Bertz CT molecular complexity index is 1090. The standard InChI is InChI=1S/C25H26N2O/c1-18(2)20-11-6-9-15-24(20)28-17-16-27-23-14-8-7-13-22(23)26-25(27)21-12-5-4-10-19(21)3/h4-15,18H,16-17H2,1-3H3. The van der Waals surface area contributed by atoms with Gasteiger partial charge in [0.2, 0.25) is 0 Å². The molecule has 142 valence electrons. The van der Waals surface area contributed by atoms with E-state index < -0.39 is 0 Å². The van der Waals surface area contributed by atoms with Gasteiger partial charge in [0.1, 0.15) is 18.2 Å². The van der Waals surface area contributed by atoms with Gasteiger partial charge in [0.25, 0.3) is 0 Å². The molecule has 0 spiro atoms. The number of imidazole rings is 1. The van der Waals surface area contributed by atoms with Gasteiger partial charge in [-0.25, -0.2) is 4.98 Å². The van der Waals surface area contributed by atoms with Gasteiger partial charge in [-0.2, -0.15) is 0 Å². The minimum atomic E-state index is 0.438. The maximum Gasteiger partial charge on any atom is 0.141 e. The molecule has 0 aliphatic rings. The normalized spacial score (nSPS) is 11.3. The van der Waals surface area contributed by atoms with E-state index in [1.807, 2.05) is 12.1 Å². The smallest absolute Gasteiger partial charge is 0.141 e. The van der Waals surface area contributed by atoms with Crippen LogP contribution in [0.3, 0.4) is 0 Å². The molecule has 0 aliphatic heterocycles. The minimum absolute atomic E-state index is 0.438.